The number of hydrogen-bond acceptors (Lipinski definition) is 4. The van der Waals surface area contributed by atoms with E-state index >= 15 is 0 Å². The third-order valence-corrected chi connectivity index (χ3v) is 1.56. The molecule has 0 radical (unpaired) electrons. The Hall–Kier alpha value is -0.880. The maximum absolute atomic E-state index is 10.3. The standard InChI is InChI=1S/C10H8O4.Ca.H2O/c11-9(12)6-3-7-1-4-8(5-2-7)10(13)14;;/h1-6H,(H,11,12)(H,13,14);;1H2/q;+2;/p-2/b6-3+;;. The second-order valence-electron chi connectivity index (χ2n) is 2.56. The molecule has 0 atom stereocenters. The van der Waals surface area contributed by atoms with Crippen molar-refractivity contribution in [1.82, 2.24) is 0 Å². The van der Waals surface area contributed by atoms with Crippen molar-refractivity contribution in [3.8, 4) is 0 Å². The van der Waals surface area contributed by atoms with Crippen molar-refractivity contribution in [3.63, 3.8) is 0 Å². The van der Waals surface area contributed by atoms with Gasteiger partial charge in [0.1, 0.15) is 0 Å². The van der Waals surface area contributed by atoms with Gasteiger partial charge in [0.15, 0.2) is 0 Å². The number of rotatable bonds is 3. The van der Waals surface area contributed by atoms with Gasteiger partial charge in [-0.25, -0.2) is 0 Å². The molecule has 0 unspecified atom stereocenters. The Morgan fingerprint density at radius 2 is 1.56 bits per heavy atom. The minimum Gasteiger partial charge on any atom is -0.545 e. The molecule has 0 aliphatic rings. The number of aromatic carboxylic acids is 1. The van der Waals surface area contributed by atoms with Gasteiger partial charge in [-0.15, -0.1) is 0 Å². The van der Waals surface area contributed by atoms with Crippen molar-refractivity contribution in [2.45, 2.75) is 0 Å². The van der Waals surface area contributed by atoms with Crippen LogP contribution < -0.4 is 10.2 Å². The molecule has 1 aromatic rings. The number of hydrogen-bond donors (Lipinski definition) is 0. The third-order valence-electron chi connectivity index (χ3n) is 1.56. The molecule has 5 nitrogen and oxygen atoms in total. The molecule has 0 saturated heterocycles. The van der Waals surface area contributed by atoms with Gasteiger partial charge in [0.05, 0.1) is 11.9 Å². The third kappa shape index (κ3) is 5.87. The van der Waals surface area contributed by atoms with E-state index in [4.69, 9.17) is 0 Å². The van der Waals surface area contributed by atoms with Gasteiger partial charge in [-0.2, -0.15) is 0 Å². The summed E-state index contributed by atoms with van der Waals surface area (Å²) in [4.78, 5) is 20.4. The SMILES string of the molecule is O.O=C([O-])/C=C/c1ccc(C(=O)[O-])cc1.[Ca+2]. The first kappa shape index (κ1) is 17.5. The second kappa shape index (κ2) is 8.29. The Kier molecular flexibility index (Phi) is 9.08. The van der Waals surface area contributed by atoms with Crippen LogP contribution in [0.4, 0.5) is 0 Å². The number of aliphatic carboxylic acids is 1. The van der Waals surface area contributed by atoms with Crippen molar-refractivity contribution in [1.29, 1.82) is 0 Å². The van der Waals surface area contributed by atoms with Crippen molar-refractivity contribution < 1.29 is 25.3 Å². The molecular weight excluding hydrogens is 240 g/mol. The molecule has 0 aliphatic carbocycles. The molecule has 1 rings (SSSR count). The van der Waals surface area contributed by atoms with Crippen LogP contribution in [0.15, 0.2) is 30.3 Å². The largest absolute Gasteiger partial charge is 2.00 e. The summed E-state index contributed by atoms with van der Waals surface area (Å²) in [5.41, 5.74) is 0.634. The van der Waals surface area contributed by atoms with E-state index in [1.807, 2.05) is 0 Å². The van der Waals surface area contributed by atoms with Gasteiger partial charge in [-0.05, 0) is 17.2 Å². The quantitative estimate of drug-likeness (QED) is 0.438. The summed E-state index contributed by atoms with van der Waals surface area (Å²) in [5.74, 6) is -2.56. The Morgan fingerprint density at radius 1 is 1.06 bits per heavy atom. The van der Waals surface area contributed by atoms with Crippen molar-refractivity contribution >= 4 is 55.8 Å². The van der Waals surface area contributed by atoms with E-state index in [0.29, 0.717) is 5.56 Å². The fourth-order valence-corrected chi connectivity index (χ4v) is 0.895. The first-order valence-electron chi connectivity index (χ1n) is 3.80. The number of carbonyl (C=O) groups excluding carboxylic acids is 2. The molecule has 0 heterocycles. The van der Waals surface area contributed by atoms with Gasteiger partial charge >= 0.3 is 37.7 Å². The summed E-state index contributed by atoms with van der Waals surface area (Å²) in [6.45, 7) is 0. The molecule has 2 N–H and O–H groups in total. The summed E-state index contributed by atoms with van der Waals surface area (Å²) >= 11 is 0. The van der Waals surface area contributed by atoms with Crippen LogP contribution in [0, 0.1) is 0 Å². The molecular formula is C10H8CaO5. The minimum absolute atomic E-state index is 0. The summed E-state index contributed by atoms with van der Waals surface area (Å²) in [5, 5.41) is 20.4. The van der Waals surface area contributed by atoms with Crippen LogP contribution in [0.2, 0.25) is 0 Å². The second-order valence-corrected chi connectivity index (χ2v) is 2.56. The monoisotopic (exact) mass is 248 g/mol. The van der Waals surface area contributed by atoms with Crippen LogP contribution in [-0.2, 0) is 4.79 Å². The Balaban J connectivity index is 0. The van der Waals surface area contributed by atoms with Gasteiger partial charge in [0.25, 0.3) is 0 Å². The van der Waals surface area contributed by atoms with Gasteiger partial charge in [0, 0.05) is 0 Å². The van der Waals surface area contributed by atoms with E-state index in [2.05, 4.69) is 0 Å². The fraction of sp³-hybridized carbons (Fsp3) is 0. The Bertz CT molecular complexity index is 383. The summed E-state index contributed by atoms with van der Waals surface area (Å²) < 4.78 is 0. The van der Waals surface area contributed by atoms with E-state index < -0.39 is 11.9 Å². The number of benzene rings is 1. The average Bonchev–Trinajstić information content (AvgIpc) is 2.15. The van der Waals surface area contributed by atoms with Crippen LogP contribution in [0.1, 0.15) is 15.9 Å². The first-order valence-corrected chi connectivity index (χ1v) is 3.80. The molecule has 1 aromatic carbocycles. The molecule has 0 aromatic heterocycles. The molecule has 0 amide bonds. The van der Waals surface area contributed by atoms with Gasteiger partial charge in [0.2, 0.25) is 0 Å². The van der Waals surface area contributed by atoms with Crippen molar-refractivity contribution in [3.05, 3.63) is 41.5 Å². The van der Waals surface area contributed by atoms with E-state index in [1.54, 1.807) is 0 Å². The minimum atomic E-state index is -1.30. The maximum atomic E-state index is 10.3. The Morgan fingerprint density at radius 3 is 1.94 bits per heavy atom. The van der Waals surface area contributed by atoms with Crippen LogP contribution >= 0.6 is 0 Å². The molecule has 80 valence electrons. The van der Waals surface area contributed by atoms with Crippen LogP contribution in [0.3, 0.4) is 0 Å². The predicted molar refractivity (Wildman–Crippen MR) is 54.2 cm³/mol. The van der Waals surface area contributed by atoms with Crippen molar-refractivity contribution in [2.24, 2.45) is 0 Å². The molecule has 6 heteroatoms. The molecule has 0 fully saturated rings. The normalized spacial score (nSPS) is 9.00. The number of carboxylic acid groups (broad SMARTS) is 2. The molecule has 0 aliphatic heterocycles. The topological polar surface area (TPSA) is 112 Å². The zero-order valence-electron chi connectivity index (χ0n) is 8.30. The summed E-state index contributed by atoms with van der Waals surface area (Å²) in [6, 6.07) is 5.63. The van der Waals surface area contributed by atoms with E-state index in [0.717, 1.165) is 6.08 Å². The van der Waals surface area contributed by atoms with Gasteiger partial charge in [-0.3, -0.25) is 0 Å². The molecule has 16 heavy (non-hydrogen) atoms. The van der Waals surface area contributed by atoms with Crippen LogP contribution in [0.25, 0.3) is 6.08 Å². The summed E-state index contributed by atoms with van der Waals surface area (Å²) in [6.07, 6.45) is 2.18. The van der Waals surface area contributed by atoms with Gasteiger partial charge in [-0.1, -0.05) is 30.3 Å². The molecule has 0 bridgehead atoms. The van der Waals surface area contributed by atoms with Crippen LogP contribution in [0.5, 0.6) is 0 Å². The van der Waals surface area contributed by atoms with Crippen LogP contribution in [-0.4, -0.2) is 55.2 Å². The van der Waals surface area contributed by atoms with Gasteiger partial charge < -0.3 is 25.3 Å². The summed E-state index contributed by atoms with van der Waals surface area (Å²) in [7, 11) is 0. The predicted octanol–water partition coefficient (Wildman–Crippen LogP) is -2.39. The van der Waals surface area contributed by atoms with Crippen molar-refractivity contribution in [2.75, 3.05) is 0 Å². The fourth-order valence-electron chi connectivity index (χ4n) is 0.895. The average molecular weight is 248 g/mol. The smallest absolute Gasteiger partial charge is 0.545 e. The first-order chi connectivity index (χ1) is 6.59. The zero-order valence-corrected chi connectivity index (χ0v) is 10.5. The number of carboxylic acids is 2. The number of carbonyl (C=O) groups is 2. The maximum Gasteiger partial charge on any atom is 2.00 e. The van der Waals surface area contributed by atoms with E-state index in [-0.39, 0.29) is 48.8 Å². The molecule has 0 saturated carbocycles. The van der Waals surface area contributed by atoms with E-state index in [9.17, 15) is 19.8 Å². The Labute approximate surface area is 122 Å². The molecule has 0 spiro atoms. The zero-order chi connectivity index (χ0) is 10.6. The van der Waals surface area contributed by atoms with E-state index in [1.165, 1.54) is 30.3 Å².